The third-order valence-corrected chi connectivity index (χ3v) is 12.8. The maximum absolute atomic E-state index is 14.6. The van der Waals surface area contributed by atoms with Crippen LogP contribution in [0.5, 0.6) is 0 Å². The lowest BCUT2D eigenvalue weighted by Gasteiger charge is -2.37. The normalized spacial score (nSPS) is 26.1. The lowest BCUT2D eigenvalue weighted by atomic mass is 9.84. The molecule has 1 saturated heterocycles. The molecule has 0 unspecified atom stereocenters. The molecule has 306 valence electrons. The number of fused-ring (bicyclic) bond motifs is 6. The fourth-order valence-electron chi connectivity index (χ4n) is 8.39. The monoisotopic (exact) mass is 802 g/mol. The Hall–Kier alpha value is -4.24. The van der Waals surface area contributed by atoms with Crippen LogP contribution in [-0.2, 0) is 41.6 Å². The number of nitrogens with zero attached hydrogens (tertiary/aromatic N) is 4. The van der Waals surface area contributed by atoms with Crippen molar-refractivity contribution in [2.45, 2.75) is 105 Å². The average Bonchev–Trinajstić information content (AvgIpc) is 3.49. The van der Waals surface area contributed by atoms with E-state index in [0.717, 1.165) is 39.0 Å². The van der Waals surface area contributed by atoms with Crippen molar-refractivity contribution in [2.24, 2.45) is 23.2 Å². The van der Waals surface area contributed by atoms with E-state index in [4.69, 9.17) is 24.2 Å². The number of hydrogen-bond acceptors (Lipinski definition) is 10. The standard InChI is InChI=1S/C43H55FN6O6S/c1-9-49-33-15-14-27-18-29(33)30(37(49)28-12-10-16-45-35(28)26(5)54-8)19-43(6,7)22-56-42(53)31-13-11-17-50(48-31)41(52)36(47-39(51)34-24(3)25(34)4)38(55-20-23(2)44)40-46-32(27)21-57-40/h10,12,14-16,18,21,23-26,31,34,36,38,48H,9,11,13,17,19-20,22H2,1-8H3,(H,47,51)/t23-,24-,25+,26-,31-,34+,36-,38-/m0/s1. The van der Waals surface area contributed by atoms with Crippen molar-refractivity contribution < 1.29 is 33.0 Å². The van der Waals surface area contributed by atoms with Crippen molar-refractivity contribution >= 4 is 40.0 Å². The van der Waals surface area contributed by atoms with E-state index < -0.39 is 41.7 Å². The van der Waals surface area contributed by atoms with Gasteiger partial charge < -0.3 is 24.1 Å². The Labute approximate surface area is 337 Å². The summed E-state index contributed by atoms with van der Waals surface area (Å²) < 4.78 is 34.9. The minimum absolute atomic E-state index is 0.132. The highest BCUT2D eigenvalue weighted by atomic mass is 32.1. The van der Waals surface area contributed by atoms with Gasteiger partial charge in [-0.15, -0.1) is 11.3 Å². The van der Waals surface area contributed by atoms with Crippen LogP contribution in [-0.4, -0.2) is 82.5 Å². The van der Waals surface area contributed by atoms with Crippen molar-refractivity contribution in [3.05, 3.63) is 58.2 Å². The molecule has 5 heterocycles. The molecule has 7 rings (SSSR count). The maximum atomic E-state index is 14.6. The van der Waals surface area contributed by atoms with E-state index in [1.54, 1.807) is 13.3 Å². The highest BCUT2D eigenvalue weighted by molar-refractivity contribution is 7.10. The number of esters is 1. The Balaban J connectivity index is 1.40. The van der Waals surface area contributed by atoms with E-state index in [0.29, 0.717) is 43.1 Å². The van der Waals surface area contributed by atoms with Crippen LogP contribution in [0, 0.1) is 23.2 Å². The molecule has 1 saturated carbocycles. The zero-order valence-electron chi connectivity index (χ0n) is 34.1. The molecule has 8 atom stereocenters. The number of rotatable bonds is 9. The lowest BCUT2D eigenvalue weighted by molar-refractivity contribution is -0.157. The van der Waals surface area contributed by atoms with E-state index in [9.17, 15) is 18.8 Å². The zero-order valence-corrected chi connectivity index (χ0v) is 35.0. The van der Waals surface area contributed by atoms with Gasteiger partial charge in [0.1, 0.15) is 29.4 Å². The van der Waals surface area contributed by atoms with Crippen LogP contribution >= 0.6 is 11.3 Å². The van der Waals surface area contributed by atoms with Crippen molar-refractivity contribution in [2.75, 3.05) is 26.9 Å². The molecule has 2 N–H and O–H groups in total. The SMILES string of the molecule is CCn1c(-c2cccnc2[C@H](C)OC)c2c3cc(ccc31)-c1csc(n1)[C@@H](OC[C@H](C)F)[C@H](NC(=O)[C@H]1[C@H](C)[C@@H]1C)C(=O)N1CCC[C@H](N1)C(=O)OCC(C)(C)C2. The number of carbonyl (C=O) groups excluding carboxylic acids is 3. The topological polar surface area (TPSA) is 137 Å². The number of methoxy groups -OCH3 is 1. The Morgan fingerprint density at radius 1 is 1.19 bits per heavy atom. The minimum atomic E-state index is -1.34. The van der Waals surface area contributed by atoms with Gasteiger partial charge in [-0.1, -0.05) is 33.8 Å². The van der Waals surface area contributed by atoms with E-state index >= 15 is 0 Å². The van der Waals surface area contributed by atoms with Crippen molar-refractivity contribution in [3.63, 3.8) is 0 Å². The summed E-state index contributed by atoms with van der Waals surface area (Å²) >= 11 is 1.30. The third kappa shape index (κ3) is 8.23. The lowest BCUT2D eigenvalue weighted by Crippen LogP contribution is -2.61. The molecule has 2 aliphatic heterocycles. The van der Waals surface area contributed by atoms with E-state index in [1.165, 1.54) is 23.3 Å². The average molecular weight is 803 g/mol. The van der Waals surface area contributed by atoms with Crippen molar-refractivity contribution in [1.29, 1.82) is 0 Å². The molecule has 4 aromatic rings. The van der Waals surface area contributed by atoms with Gasteiger partial charge in [0.05, 0.1) is 36.4 Å². The molecule has 0 spiro atoms. The number of hydrazine groups is 1. The molecule has 14 heteroatoms. The van der Waals surface area contributed by atoms with Gasteiger partial charge in [-0.25, -0.2) is 14.8 Å². The first kappa shape index (κ1) is 40.9. The smallest absolute Gasteiger partial charge is 0.324 e. The summed E-state index contributed by atoms with van der Waals surface area (Å²) in [5.41, 5.74) is 9.05. The van der Waals surface area contributed by atoms with Gasteiger partial charge in [0, 0.05) is 65.1 Å². The summed E-state index contributed by atoms with van der Waals surface area (Å²) in [5.74, 6) is -1.18. The first-order chi connectivity index (χ1) is 27.2. The first-order valence-electron chi connectivity index (χ1n) is 20.1. The first-order valence-corrected chi connectivity index (χ1v) is 21.0. The van der Waals surface area contributed by atoms with Crippen LogP contribution in [0.4, 0.5) is 4.39 Å². The Bertz CT molecular complexity index is 2130. The second-order valence-electron chi connectivity index (χ2n) is 16.7. The van der Waals surface area contributed by atoms with Gasteiger partial charge >= 0.3 is 5.97 Å². The second-order valence-corrected chi connectivity index (χ2v) is 17.6. The largest absolute Gasteiger partial charge is 0.464 e. The fourth-order valence-corrected chi connectivity index (χ4v) is 9.30. The summed E-state index contributed by atoms with van der Waals surface area (Å²) in [7, 11) is 1.68. The number of benzene rings is 1. The summed E-state index contributed by atoms with van der Waals surface area (Å²) in [4.78, 5) is 51.9. The Morgan fingerprint density at radius 3 is 2.67 bits per heavy atom. The molecule has 2 fully saturated rings. The third-order valence-electron chi connectivity index (χ3n) is 11.9. The van der Waals surface area contributed by atoms with Crippen LogP contribution in [0.3, 0.4) is 0 Å². The maximum Gasteiger partial charge on any atom is 0.324 e. The summed E-state index contributed by atoms with van der Waals surface area (Å²) in [6, 6.07) is 8.27. The zero-order chi connectivity index (χ0) is 40.8. The quantitative estimate of drug-likeness (QED) is 0.172. The van der Waals surface area contributed by atoms with E-state index in [2.05, 4.69) is 54.3 Å². The summed E-state index contributed by atoms with van der Waals surface area (Å²) in [6.45, 7) is 14.5. The fraction of sp³-hybridized carbons (Fsp3) is 0.558. The number of nitrogens with one attached hydrogen (secondary N) is 2. The van der Waals surface area contributed by atoms with E-state index in [1.807, 2.05) is 38.3 Å². The molecule has 0 radical (unpaired) electrons. The van der Waals surface area contributed by atoms with Gasteiger partial charge in [0.15, 0.2) is 0 Å². The molecule has 1 aliphatic carbocycles. The number of pyridine rings is 1. The molecule has 57 heavy (non-hydrogen) atoms. The van der Waals surface area contributed by atoms with Gasteiger partial charge in [0.25, 0.3) is 5.91 Å². The molecular formula is C43H55FN6O6S. The number of halogens is 1. The summed E-state index contributed by atoms with van der Waals surface area (Å²) in [6.07, 6.45) is 0.644. The van der Waals surface area contributed by atoms with Gasteiger partial charge in [0.2, 0.25) is 5.91 Å². The predicted molar refractivity (Wildman–Crippen MR) is 217 cm³/mol. The number of amides is 2. The Kier molecular flexibility index (Phi) is 11.9. The van der Waals surface area contributed by atoms with E-state index in [-0.39, 0.29) is 43.0 Å². The summed E-state index contributed by atoms with van der Waals surface area (Å²) in [5, 5.41) is 7.74. The highest BCUT2D eigenvalue weighted by Crippen LogP contribution is 2.46. The number of hydrogen-bond donors (Lipinski definition) is 2. The second kappa shape index (κ2) is 16.6. The number of ether oxygens (including phenoxy) is 3. The molecule has 3 aliphatic rings. The van der Waals surface area contributed by atoms with Gasteiger partial charge in [-0.2, -0.15) is 0 Å². The van der Waals surface area contributed by atoms with Crippen LogP contribution in [0.2, 0.25) is 0 Å². The van der Waals surface area contributed by atoms with Crippen LogP contribution < -0.4 is 10.7 Å². The van der Waals surface area contributed by atoms with Crippen molar-refractivity contribution in [1.82, 2.24) is 30.3 Å². The van der Waals surface area contributed by atoms with Crippen LogP contribution in [0.1, 0.15) is 89.8 Å². The molecule has 6 bridgehead atoms. The number of aryl methyl sites for hydroxylation is 1. The molecular weight excluding hydrogens is 748 g/mol. The van der Waals surface area contributed by atoms with Gasteiger partial charge in [-0.3, -0.25) is 24.4 Å². The van der Waals surface area contributed by atoms with Crippen LogP contribution in [0.25, 0.3) is 33.4 Å². The Morgan fingerprint density at radius 2 is 1.96 bits per heavy atom. The number of thiazole rings is 1. The molecule has 12 nitrogen and oxygen atoms in total. The van der Waals surface area contributed by atoms with Gasteiger partial charge in [-0.05, 0) is 81.7 Å². The number of cyclic esters (lactones) is 1. The highest BCUT2D eigenvalue weighted by Gasteiger charge is 2.50. The number of alkyl halides is 1. The molecule has 2 amide bonds. The van der Waals surface area contributed by atoms with Crippen molar-refractivity contribution in [3.8, 4) is 22.5 Å². The number of aromatic nitrogens is 3. The number of carbonyl (C=O) groups is 3. The minimum Gasteiger partial charge on any atom is -0.464 e. The molecule has 3 aromatic heterocycles. The van der Waals surface area contributed by atoms with Crippen LogP contribution in [0.15, 0.2) is 41.9 Å². The predicted octanol–water partition coefficient (Wildman–Crippen LogP) is 6.98. The molecule has 1 aromatic carbocycles.